The highest BCUT2D eigenvalue weighted by Crippen LogP contribution is 2.30. The standard InChI is InChI=1S/C21H25N3O5/c1-27-17-9-5-4-7-15(17)23-21(26)24-12-6-8-16(24)20(25)22-14-10-11-18(28-2)19(13-14)29-3/h4-5,7,9-11,13,16H,6,8,12H2,1-3H3,(H,22,25)(H,23,26)/t16-/m1/s1. The molecule has 0 bridgehead atoms. The van der Waals surface area contributed by atoms with Crippen LogP contribution in [-0.4, -0.2) is 50.8 Å². The fourth-order valence-electron chi connectivity index (χ4n) is 3.36. The van der Waals surface area contributed by atoms with Crippen LogP contribution in [0.5, 0.6) is 17.2 Å². The molecule has 0 aromatic heterocycles. The van der Waals surface area contributed by atoms with Gasteiger partial charge in [0.15, 0.2) is 11.5 Å². The molecule has 1 heterocycles. The van der Waals surface area contributed by atoms with Gasteiger partial charge in [0.1, 0.15) is 11.8 Å². The number of amides is 3. The predicted molar refractivity (Wildman–Crippen MR) is 110 cm³/mol. The number of hydrogen-bond donors (Lipinski definition) is 2. The molecule has 0 radical (unpaired) electrons. The zero-order valence-electron chi connectivity index (χ0n) is 16.7. The summed E-state index contributed by atoms with van der Waals surface area (Å²) in [5.74, 6) is 1.41. The average molecular weight is 399 g/mol. The zero-order valence-corrected chi connectivity index (χ0v) is 16.7. The van der Waals surface area contributed by atoms with Crippen LogP contribution in [0, 0.1) is 0 Å². The number of anilines is 2. The van der Waals surface area contributed by atoms with Gasteiger partial charge in [-0.3, -0.25) is 4.79 Å². The lowest BCUT2D eigenvalue weighted by Gasteiger charge is -2.24. The number of hydrogen-bond acceptors (Lipinski definition) is 5. The maximum atomic E-state index is 12.8. The number of methoxy groups -OCH3 is 3. The van der Waals surface area contributed by atoms with Crippen molar-refractivity contribution in [1.82, 2.24) is 4.90 Å². The highest BCUT2D eigenvalue weighted by atomic mass is 16.5. The third kappa shape index (κ3) is 4.53. The van der Waals surface area contributed by atoms with Crippen molar-refractivity contribution < 1.29 is 23.8 Å². The molecule has 8 heteroatoms. The van der Waals surface area contributed by atoms with Crippen molar-refractivity contribution in [3.05, 3.63) is 42.5 Å². The molecule has 2 aromatic rings. The third-order valence-electron chi connectivity index (χ3n) is 4.82. The molecular formula is C21H25N3O5. The smallest absolute Gasteiger partial charge is 0.322 e. The summed E-state index contributed by atoms with van der Waals surface area (Å²) in [6, 6.07) is 11.4. The fourth-order valence-corrected chi connectivity index (χ4v) is 3.36. The predicted octanol–water partition coefficient (Wildman–Crippen LogP) is 3.35. The lowest BCUT2D eigenvalue weighted by Crippen LogP contribution is -2.45. The van der Waals surface area contributed by atoms with E-state index < -0.39 is 6.04 Å². The van der Waals surface area contributed by atoms with E-state index in [-0.39, 0.29) is 11.9 Å². The van der Waals surface area contributed by atoms with E-state index in [0.29, 0.717) is 41.6 Å². The third-order valence-corrected chi connectivity index (χ3v) is 4.82. The van der Waals surface area contributed by atoms with Crippen LogP contribution in [0.3, 0.4) is 0 Å². The molecule has 154 valence electrons. The first-order valence-electron chi connectivity index (χ1n) is 9.31. The van der Waals surface area contributed by atoms with E-state index in [0.717, 1.165) is 6.42 Å². The van der Waals surface area contributed by atoms with Crippen LogP contribution in [0.2, 0.25) is 0 Å². The van der Waals surface area contributed by atoms with Gasteiger partial charge in [-0.2, -0.15) is 0 Å². The van der Waals surface area contributed by atoms with Crippen molar-refractivity contribution in [3.8, 4) is 17.2 Å². The van der Waals surface area contributed by atoms with Crippen molar-refractivity contribution in [1.29, 1.82) is 0 Å². The summed E-state index contributed by atoms with van der Waals surface area (Å²) in [6.45, 7) is 0.505. The maximum Gasteiger partial charge on any atom is 0.322 e. The monoisotopic (exact) mass is 399 g/mol. The maximum absolute atomic E-state index is 12.8. The summed E-state index contributed by atoms with van der Waals surface area (Å²) >= 11 is 0. The van der Waals surface area contributed by atoms with Crippen molar-refractivity contribution in [3.63, 3.8) is 0 Å². The molecule has 8 nitrogen and oxygen atoms in total. The van der Waals surface area contributed by atoms with Gasteiger partial charge in [0.25, 0.3) is 0 Å². The number of likely N-dealkylation sites (tertiary alicyclic amines) is 1. The molecular weight excluding hydrogens is 374 g/mol. The van der Waals surface area contributed by atoms with Gasteiger partial charge in [0.2, 0.25) is 5.91 Å². The Morgan fingerprint density at radius 1 is 0.931 bits per heavy atom. The van der Waals surface area contributed by atoms with E-state index in [1.807, 2.05) is 12.1 Å². The number of carbonyl (C=O) groups is 2. The van der Waals surface area contributed by atoms with Crippen molar-refractivity contribution in [2.45, 2.75) is 18.9 Å². The number of rotatable bonds is 6. The topological polar surface area (TPSA) is 89.1 Å². The summed E-state index contributed by atoms with van der Waals surface area (Å²) < 4.78 is 15.7. The summed E-state index contributed by atoms with van der Waals surface area (Å²) in [5, 5.41) is 5.69. The first-order valence-corrected chi connectivity index (χ1v) is 9.31. The Morgan fingerprint density at radius 2 is 1.66 bits per heavy atom. The molecule has 1 aliphatic rings. The second kappa shape index (κ2) is 9.18. The Labute approximate surface area is 169 Å². The van der Waals surface area contributed by atoms with E-state index in [9.17, 15) is 9.59 Å². The largest absolute Gasteiger partial charge is 0.495 e. The van der Waals surface area contributed by atoms with Crippen LogP contribution in [0.1, 0.15) is 12.8 Å². The van der Waals surface area contributed by atoms with Gasteiger partial charge >= 0.3 is 6.03 Å². The fraction of sp³-hybridized carbons (Fsp3) is 0.333. The van der Waals surface area contributed by atoms with Crippen LogP contribution < -0.4 is 24.8 Å². The van der Waals surface area contributed by atoms with E-state index in [1.165, 1.54) is 7.11 Å². The van der Waals surface area contributed by atoms with E-state index in [2.05, 4.69) is 10.6 Å². The number of nitrogens with zero attached hydrogens (tertiary/aromatic N) is 1. The molecule has 3 rings (SSSR count). The van der Waals surface area contributed by atoms with Crippen molar-refractivity contribution in [2.24, 2.45) is 0 Å². The second-order valence-electron chi connectivity index (χ2n) is 6.54. The molecule has 0 saturated carbocycles. The van der Waals surface area contributed by atoms with E-state index in [1.54, 1.807) is 49.5 Å². The Hall–Kier alpha value is -3.42. The molecule has 1 atom stereocenters. The zero-order chi connectivity index (χ0) is 20.8. The second-order valence-corrected chi connectivity index (χ2v) is 6.54. The first kappa shape index (κ1) is 20.3. The van der Waals surface area contributed by atoms with Crippen LogP contribution in [0.15, 0.2) is 42.5 Å². The van der Waals surface area contributed by atoms with Crippen molar-refractivity contribution in [2.75, 3.05) is 38.5 Å². The summed E-state index contributed by atoms with van der Waals surface area (Å²) in [6.07, 6.45) is 1.35. The van der Waals surface area contributed by atoms with Gasteiger partial charge in [0, 0.05) is 18.3 Å². The minimum Gasteiger partial charge on any atom is -0.495 e. The highest BCUT2D eigenvalue weighted by molar-refractivity contribution is 6.00. The van der Waals surface area contributed by atoms with Gasteiger partial charge in [-0.05, 0) is 37.1 Å². The molecule has 1 fully saturated rings. The Kier molecular flexibility index (Phi) is 6.43. The van der Waals surface area contributed by atoms with Crippen LogP contribution in [0.25, 0.3) is 0 Å². The number of carbonyl (C=O) groups excluding carboxylic acids is 2. The normalized spacial score (nSPS) is 15.6. The van der Waals surface area contributed by atoms with Gasteiger partial charge < -0.3 is 29.7 Å². The summed E-state index contributed by atoms with van der Waals surface area (Å²) in [4.78, 5) is 27.2. The Morgan fingerprint density at radius 3 is 2.38 bits per heavy atom. The van der Waals surface area contributed by atoms with Crippen LogP contribution in [0.4, 0.5) is 16.2 Å². The minimum atomic E-state index is -0.558. The van der Waals surface area contributed by atoms with Gasteiger partial charge in [-0.25, -0.2) is 4.79 Å². The van der Waals surface area contributed by atoms with Crippen LogP contribution >= 0.6 is 0 Å². The first-order chi connectivity index (χ1) is 14.1. The highest BCUT2D eigenvalue weighted by Gasteiger charge is 2.34. The molecule has 2 aromatic carbocycles. The molecule has 0 unspecified atom stereocenters. The number of nitrogens with one attached hydrogen (secondary N) is 2. The Bertz CT molecular complexity index is 886. The quantitative estimate of drug-likeness (QED) is 0.778. The van der Waals surface area contributed by atoms with Gasteiger partial charge in [-0.15, -0.1) is 0 Å². The lowest BCUT2D eigenvalue weighted by atomic mass is 10.2. The summed E-state index contributed by atoms with van der Waals surface area (Å²) in [5.41, 5.74) is 1.13. The van der Waals surface area contributed by atoms with Crippen molar-refractivity contribution >= 4 is 23.3 Å². The molecule has 3 amide bonds. The van der Waals surface area contributed by atoms with E-state index >= 15 is 0 Å². The van der Waals surface area contributed by atoms with Gasteiger partial charge in [0.05, 0.1) is 27.0 Å². The van der Waals surface area contributed by atoms with Crippen LogP contribution in [-0.2, 0) is 4.79 Å². The minimum absolute atomic E-state index is 0.245. The molecule has 1 aliphatic heterocycles. The number of ether oxygens (including phenoxy) is 3. The SMILES string of the molecule is COc1ccccc1NC(=O)N1CCC[C@@H]1C(=O)Nc1ccc(OC)c(OC)c1. The average Bonchev–Trinajstić information content (AvgIpc) is 3.24. The number of benzene rings is 2. The van der Waals surface area contributed by atoms with Gasteiger partial charge in [-0.1, -0.05) is 12.1 Å². The molecule has 29 heavy (non-hydrogen) atoms. The Balaban J connectivity index is 1.69. The molecule has 1 saturated heterocycles. The molecule has 0 spiro atoms. The summed E-state index contributed by atoms with van der Waals surface area (Å²) in [7, 11) is 4.62. The number of urea groups is 1. The molecule has 2 N–H and O–H groups in total. The molecule has 0 aliphatic carbocycles. The van der Waals surface area contributed by atoms with E-state index in [4.69, 9.17) is 14.2 Å². The number of para-hydroxylation sites is 2. The lowest BCUT2D eigenvalue weighted by molar-refractivity contribution is -0.119.